The van der Waals surface area contributed by atoms with Gasteiger partial charge in [-0.1, -0.05) is 12.8 Å². The Balaban J connectivity index is 0.00000144. The number of hydrogen-bond donors (Lipinski definition) is 1. The zero-order chi connectivity index (χ0) is 15.9. The number of aliphatic imine (C=N–C) groups is 1. The third kappa shape index (κ3) is 3.52. The second kappa shape index (κ2) is 7.71. The first-order valence-electron chi connectivity index (χ1n) is 7.92. The van der Waals surface area contributed by atoms with E-state index >= 15 is 0 Å². The van der Waals surface area contributed by atoms with E-state index in [2.05, 4.69) is 9.89 Å². The first-order valence-corrected chi connectivity index (χ1v) is 8.80. The zero-order valence-electron chi connectivity index (χ0n) is 14.1. The molecule has 0 bridgehead atoms. The highest BCUT2D eigenvalue weighted by molar-refractivity contribution is 8.01. The lowest BCUT2D eigenvalue weighted by molar-refractivity contribution is -0.158. The molecule has 3 heterocycles. The molecule has 3 atom stereocenters. The molecule has 3 aliphatic heterocycles. The highest BCUT2D eigenvalue weighted by Crippen LogP contribution is 2.51. The fourth-order valence-electron chi connectivity index (χ4n) is 3.51. The Bertz CT molecular complexity index is 505. The summed E-state index contributed by atoms with van der Waals surface area (Å²) in [7, 11) is 0. The molecule has 0 saturated carbocycles. The van der Waals surface area contributed by atoms with E-state index < -0.39 is 22.8 Å². The first kappa shape index (κ1) is 20.7. The molecule has 0 aromatic rings. The number of hydrogen-bond acceptors (Lipinski definition) is 4. The van der Waals surface area contributed by atoms with E-state index in [1.807, 2.05) is 20.2 Å². The van der Waals surface area contributed by atoms with Crippen molar-refractivity contribution in [2.45, 2.75) is 61.7 Å². The molecule has 0 spiro atoms. The van der Waals surface area contributed by atoms with Crippen molar-refractivity contribution in [2.24, 2.45) is 4.99 Å². The number of carboxylic acids is 1. The summed E-state index contributed by atoms with van der Waals surface area (Å²) in [5, 5.41) is 9.25. The van der Waals surface area contributed by atoms with Gasteiger partial charge in [-0.3, -0.25) is 9.79 Å². The number of rotatable bonds is 3. The number of nitrogens with zero attached hydrogens (tertiary/aromatic N) is 3. The van der Waals surface area contributed by atoms with Crippen LogP contribution in [0.25, 0.3) is 0 Å². The Kier molecular flexibility index (Phi) is 6.66. The number of aliphatic carboxylic acids is 1. The van der Waals surface area contributed by atoms with Crippen LogP contribution in [0.3, 0.4) is 0 Å². The standard InChI is InChI=1S/C15H23N3O3S.2H2O/c1-15(2)11(14(20)21)18-12(19)10(13(18)22-15)16-9-17-7-5-3-4-6-8-17;;/h9-11,13H,3-8H2,1-2H3,(H,20,21);2*1H2/t10-,11+,13-;;/m1../s1. The molecular formula is C15H27N3O5S. The van der Waals surface area contributed by atoms with Crippen molar-refractivity contribution in [3.05, 3.63) is 0 Å². The second-order valence-corrected chi connectivity index (χ2v) is 8.53. The smallest absolute Gasteiger partial charge is 0.327 e. The summed E-state index contributed by atoms with van der Waals surface area (Å²) < 4.78 is -0.473. The maximum atomic E-state index is 12.3. The molecule has 9 heteroatoms. The number of likely N-dealkylation sites (tertiary alicyclic amines) is 1. The van der Waals surface area contributed by atoms with Crippen LogP contribution in [0.1, 0.15) is 39.5 Å². The van der Waals surface area contributed by atoms with E-state index in [1.54, 1.807) is 11.8 Å². The Hall–Kier alpha value is -1.32. The van der Waals surface area contributed by atoms with Crippen LogP contribution in [0.2, 0.25) is 0 Å². The number of carbonyl (C=O) groups excluding carboxylic acids is 1. The molecular weight excluding hydrogens is 334 g/mol. The van der Waals surface area contributed by atoms with Crippen LogP contribution < -0.4 is 0 Å². The van der Waals surface area contributed by atoms with Crippen LogP contribution in [-0.4, -0.2) is 79.4 Å². The van der Waals surface area contributed by atoms with Gasteiger partial charge < -0.3 is 25.9 Å². The van der Waals surface area contributed by atoms with E-state index in [0.29, 0.717) is 0 Å². The third-order valence-corrected chi connectivity index (χ3v) is 6.24. The molecule has 0 aromatic heterocycles. The highest BCUT2D eigenvalue weighted by Gasteiger charge is 2.63. The van der Waals surface area contributed by atoms with Gasteiger partial charge in [-0.25, -0.2) is 4.79 Å². The maximum Gasteiger partial charge on any atom is 0.327 e. The minimum Gasteiger partial charge on any atom is -0.480 e. The van der Waals surface area contributed by atoms with Crippen LogP contribution in [0.4, 0.5) is 0 Å². The van der Waals surface area contributed by atoms with Crippen molar-refractivity contribution in [1.82, 2.24) is 9.80 Å². The van der Waals surface area contributed by atoms with Crippen molar-refractivity contribution in [2.75, 3.05) is 13.1 Å². The summed E-state index contributed by atoms with van der Waals surface area (Å²) in [4.78, 5) is 31.9. The zero-order valence-corrected chi connectivity index (χ0v) is 14.9. The van der Waals surface area contributed by atoms with Crippen molar-refractivity contribution >= 4 is 30.0 Å². The molecule has 0 unspecified atom stereocenters. The van der Waals surface area contributed by atoms with Gasteiger partial charge in [0.15, 0.2) is 6.04 Å². The summed E-state index contributed by atoms with van der Waals surface area (Å²) in [5.41, 5.74) is 0. The Morgan fingerprint density at radius 1 is 1.25 bits per heavy atom. The molecule has 3 rings (SSSR count). The molecule has 3 aliphatic rings. The first-order chi connectivity index (χ1) is 10.4. The third-order valence-electron chi connectivity index (χ3n) is 4.68. The Morgan fingerprint density at radius 3 is 2.38 bits per heavy atom. The minimum atomic E-state index is -0.928. The summed E-state index contributed by atoms with van der Waals surface area (Å²) >= 11 is 1.55. The molecule has 3 saturated heterocycles. The monoisotopic (exact) mass is 361 g/mol. The normalized spacial score (nSPS) is 31.6. The predicted octanol–water partition coefficient (Wildman–Crippen LogP) is -0.243. The van der Waals surface area contributed by atoms with Crippen molar-refractivity contribution < 1.29 is 25.6 Å². The van der Waals surface area contributed by atoms with E-state index in [4.69, 9.17) is 0 Å². The molecule has 3 fully saturated rings. The lowest BCUT2D eigenvalue weighted by Gasteiger charge is -2.41. The van der Waals surface area contributed by atoms with Crippen molar-refractivity contribution in [3.63, 3.8) is 0 Å². The summed E-state index contributed by atoms with van der Waals surface area (Å²) in [5.74, 6) is -1.08. The van der Waals surface area contributed by atoms with E-state index in [9.17, 15) is 14.7 Å². The van der Waals surface area contributed by atoms with Crippen LogP contribution in [0.5, 0.6) is 0 Å². The quantitative estimate of drug-likeness (QED) is 0.420. The highest BCUT2D eigenvalue weighted by atomic mass is 32.2. The van der Waals surface area contributed by atoms with Gasteiger partial charge in [0, 0.05) is 17.8 Å². The lowest BCUT2D eigenvalue weighted by atomic mass is 9.96. The van der Waals surface area contributed by atoms with Gasteiger partial charge in [-0.05, 0) is 26.7 Å². The average Bonchev–Trinajstić information content (AvgIpc) is 2.60. The molecule has 0 radical (unpaired) electrons. The van der Waals surface area contributed by atoms with Gasteiger partial charge >= 0.3 is 5.97 Å². The van der Waals surface area contributed by atoms with Crippen LogP contribution in [-0.2, 0) is 9.59 Å². The topological polar surface area (TPSA) is 136 Å². The van der Waals surface area contributed by atoms with Crippen molar-refractivity contribution in [3.8, 4) is 0 Å². The molecule has 8 nitrogen and oxygen atoms in total. The fraction of sp³-hybridized carbons (Fsp3) is 0.800. The van der Waals surface area contributed by atoms with Gasteiger partial charge in [-0.2, -0.15) is 0 Å². The molecule has 24 heavy (non-hydrogen) atoms. The average molecular weight is 361 g/mol. The van der Waals surface area contributed by atoms with Crippen LogP contribution in [0, 0.1) is 0 Å². The van der Waals surface area contributed by atoms with Gasteiger partial charge in [0.25, 0.3) is 5.91 Å². The number of carboxylic acid groups (broad SMARTS) is 1. The number of carbonyl (C=O) groups is 2. The minimum absolute atomic E-state index is 0. The van der Waals surface area contributed by atoms with Gasteiger partial charge in [0.2, 0.25) is 0 Å². The number of β-lactam (4-membered cyclic amide) rings is 1. The van der Waals surface area contributed by atoms with E-state index in [1.165, 1.54) is 30.6 Å². The molecule has 0 aliphatic carbocycles. The molecule has 5 N–H and O–H groups in total. The lowest BCUT2D eigenvalue weighted by Crippen LogP contribution is -2.65. The number of thioether (sulfide) groups is 1. The summed E-state index contributed by atoms with van der Waals surface area (Å²) in [6.07, 6.45) is 6.67. The van der Waals surface area contributed by atoms with Crippen molar-refractivity contribution in [1.29, 1.82) is 0 Å². The largest absolute Gasteiger partial charge is 0.480 e. The summed E-state index contributed by atoms with van der Waals surface area (Å²) in [6.45, 7) is 5.76. The predicted molar refractivity (Wildman–Crippen MR) is 93.3 cm³/mol. The van der Waals surface area contributed by atoms with Gasteiger partial charge in [0.05, 0.1) is 6.34 Å². The Morgan fingerprint density at radius 2 is 1.83 bits per heavy atom. The van der Waals surface area contributed by atoms with Crippen LogP contribution in [0.15, 0.2) is 4.99 Å². The molecule has 1 amide bonds. The van der Waals surface area contributed by atoms with E-state index in [-0.39, 0.29) is 22.2 Å². The SMILES string of the molecule is CC1(C)S[C@@H]2[C@H](N=CN3CCCCCC3)C(=O)N2[C@H]1C(=O)O.O.O. The Labute approximate surface area is 145 Å². The van der Waals surface area contributed by atoms with E-state index in [0.717, 1.165) is 13.1 Å². The molecule has 0 aromatic carbocycles. The van der Waals surface area contributed by atoms with Gasteiger partial charge in [-0.15, -0.1) is 11.8 Å². The number of fused-ring (bicyclic) bond motifs is 1. The second-order valence-electron chi connectivity index (χ2n) is 6.76. The fourth-order valence-corrected chi connectivity index (χ4v) is 5.13. The van der Waals surface area contributed by atoms with Gasteiger partial charge in [0.1, 0.15) is 11.4 Å². The molecule has 138 valence electrons. The summed E-state index contributed by atoms with van der Waals surface area (Å²) in [6, 6.07) is -1.17. The van der Waals surface area contributed by atoms with Crippen LogP contribution >= 0.6 is 11.8 Å². The number of amides is 1. The maximum absolute atomic E-state index is 12.3.